The summed E-state index contributed by atoms with van der Waals surface area (Å²) in [5, 5.41) is 4.15. The van der Waals surface area contributed by atoms with Gasteiger partial charge in [0.1, 0.15) is 0 Å². The lowest BCUT2D eigenvalue weighted by Gasteiger charge is -2.57. The fourth-order valence-electron chi connectivity index (χ4n) is 7.30. The van der Waals surface area contributed by atoms with Gasteiger partial charge in [-0.25, -0.2) is 0 Å². The fourth-order valence-corrected chi connectivity index (χ4v) is 7.30. The first kappa shape index (κ1) is 11.6. The van der Waals surface area contributed by atoms with Gasteiger partial charge in [0.25, 0.3) is 0 Å². The molecule has 0 saturated heterocycles. The van der Waals surface area contributed by atoms with Crippen molar-refractivity contribution in [3.05, 3.63) is 0 Å². The molecular weight excluding hydrogens is 230 g/mol. The molecule has 106 valence electrons. The third-order valence-corrected chi connectivity index (χ3v) is 7.66. The van der Waals surface area contributed by atoms with Crippen LogP contribution in [0.15, 0.2) is 0 Å². The standard InChI is InChI=1S/C18H29N/c1-2-16-6-12(1)7-17(16)11-19-18-8-13-3-14(9-18)5-15(4-13)10-18/h12-17,19H,1-11H2. The summed E-state index contributed by atoms with van der Waals surface area (Å²) in [6, 6.07) is 0. The number of hydrogen-bond acceptors (Lipinski definition) is 1. The summed E-state index contributed by atoms with van der Waals surface area (Å²) in [5.74, 6) is 6.56. The number of nitrogens with one attached hydrogen (secondary N) is 1. The van der Waals surface area contributed by atoms with Crippen molar-refractivity contribution in [1.29, 1.82) is 0 Å². The second kappa shape index (κ2) is 4.00. The minimum Gasteiger partial charge on any atom is -0.311 e. The van der Waals surface area contributed by atoms with Crippen LogP contribution < -0.4 is 5.32 Å². The lowest BCUT2D eigenvalue weighted by Crippen LogP contribution is -2.59. The topological polar surface area (TPSA) is 12.0 Å². The van der Waals surface area contributed by atoms with E-state index in [9.17, 15) is 0 Å². The first-order valence-electron chi connectivity index (χ1n) is 9.03. The highest BCUT2D eigenvalue weighted by Crippen LogP contribution is 2.56. The minimum atomic E-state index is 0.608. The molecule has 6 fully saturated rings. The van der Waals surface area contributed by atoms with E-state index in [1.807, 2.05) is 0 Å². The molecule has 3 atom stereocenters. The van der Waals surface area contributed by atoms with E-state index >= 15 is 0 Å². The van der Waals surface area contributed by atoms with Crippen molar-refractivity contribution in [3.8, 4) is 0 Å². The molecule has 6 aliphatic rings. The van der Waals surface area contributed by atoms with Gasteiger partial charge in [-0.1, -0.05) is 6.42 Å². The zero-order valence-corrected chi connectivity index (χ0v) is 12.2. The van der Waals surface area contributed by atoms with Crippen molar-refractivity contribution in [2.75, 3.05) is 6.54 Å². The highest BCUT2D eigenvalue weighted by Gasteiger charge is 2.51. The van der Waals surface area contributed by atoms with Gasteiger partial charge in [0, 0.05) is 5.54 Å². The molecule has 0 aromatic rings. The summed E-state index contributed by atoms with van der Waals surface area (Å²) in [4.78, 5) is 0. The predicted octanol–water partition coefficient (Wildman–Crippen LogP) is 3.98. The summed E-state index contributed by atoms with van der Waals surface area (Å²) in [7, 11) is 0. The van der Waals surface area contributed by atoms with Crippen molar-refractivity contribution in [2.24, 2.45) is 35.5 Å². The van der Waals surface area contributed by atoms with Gasteiger partial charge in [-0.3, -0.25) is 0 Å². The van der Waals surface area contributed by atoms with E-state index in [1.54, 1.807) is 44.9 Å². The third-order valence-electron chi connectivity index (χ3n) is 7.66. The Morgan fingerprint density at radius 3 is 1.95 bits per heavy atom. The maximum Gasteiger partial charge on any atom is 0.0189 e. The molecule has 0 amide bonds. The highest BCUT2D eigenvalue weighted by atomic mass is 15.0. The van der Waals surface area contributed by atoms with Crippen LogP contribution in [-0.2, 0) is 0 Å². The van der Waals surface area contributed by atoms with Gasteiger partial charge < -0.3 is 5.32 Å². The highest BCUT2D eigenvalue weighted by molar-refractivity contribution is 5.07. The SMILES string of the molecule is C1CC2CC1CC2CNC12CC3CC(CC(C3)C1)C2. The Morgan fingerprint density at radius 1 is 0.737 bits per heavy atom. The molecule has 6 saturated carbocycles. The van der Waals surface area contributed by atoms with Crippen LogP contribution in [0.2, 0.25) is 0 Å². The Balaban J connectivity index is 1.26. The normalized spacial score (nSPS) is 58.1. The van der Waals surface area contributed by atoms with E-state index in [-0.39, 0.29) is 0 Å². The second-order valence-corrected chi connectivity index (χ2v) is 9.01. The largest absolute Gasteiger partial charge is 0.311 e. The molecule has 1 N–H and O–H groups in total. The summed E-state index contributed by atoms with van der Waals surface area (Å²) in [6.07, 6.45) is 15.6. The van der Waals surface area contributed by atoms with E-state index in [2.05, 4.69) is 5.32 Å². The lowest BCUT2D eigenvalue weighted by atomic mass is 9.53. The smallest absolute Gasteiger partial charge is 0.0189 e. The lowest BCUT2D eigenvalue weighted by molar-refractivity contribution is -0.0222. The van der Waals surface area contributed by atoms with Gasteiger partial charge in [-0.2, -0.15) is 0 Å². The van der Waals surface area contributed by atoms with Gasteiger partial charge >= 0.3 is 0 Å². The molecule has 1 nitrogen and oxygen atoms in total. The van der Waals surface area contributed by atoms with Crippen LogP contribution in [0.5, 0.6) is 0 Å². The first-order chi connectivity index (χ1) is 9.28. The third kappa shape index (κ3) is 1.83. The van der Waals surface area contributed by atoms with Crippen LogP contribution in [0.1, 0.15) is 64.2 Å². The van der Waals surface area contributed by atoms with Gasteiger partial charge in [0.15, 0.2) is 0 Å². The summed E-state index contributed by atoms with van der Waals surface area (Å²) >= 11 is 0. The average Bonchev–Trinajstić information content (AvgIpc) is 2.97. The Labute approximate surface area is 117 Å². The molecule has 0 radical (unpaired) electrons. The quantitative estimate of drug-likeness (QED) is 0.808. The van der Waals surface area contributed by atoms with Gasteiger partial charge in [0.05, 0.1) is 0 Å². The minimum absolute atomic E-state index is 0.608. The van der Waals surface area contributed by atoms with Crippen molar-refractivity contribution >= 4 is 0 Å². The zero-order chi connectivity index (χ0) is 12.4. The van der Waals surface area contributed by atoms with Crippen LogP contribution in [-0.4, -0.2) is 12.1 Å². The molecule has 6 aliphatic carbocycles. The molecule has 1 heteroatoms. The van der Waals surface area contributed by atoms with Crippen LogP contribution in [0.4, 0.5) is 0 Å². The summed E-state index contributed by atoms with van der Waals surface area (Å²) < 4.78 is 0. The Hall–Kier alpha value is -0.0400. The molecule has 0 aliphatic heterocycles. The van der Waals surface area contributed by atoms with E-state index in [0.717, 1.165) is 35.5 Å². The second-order valence-electron chi connectivity index (χ2n) is 9.01. The predicted molar refractivity (Wildman–Crippen MR) is 77.8 cm³/mol. The van der Waals surface area contributed by atoms with E-state index in [0.29, 0.717) is 5.54 Å². The molecule has 19 heavy (non-hydrogen) atoms. The van der Waals surface area contributed by atoms with E-state index in [4.69, 9.17) is 0 Å². The van der Waals surface area contributed by atoms with Crippen molar-refractivity contribution in [2.45, 2.75) is 69.7 Å². The molecule has 0 aromatic carbocycles. The van der Waals surface area contributed by atoms with E-state index in [1.165, 1.54) is 25.8 Å². The molecule has 0 heterocycles. The van der Waals surface area contributed by atoms with Gasteiger partial charge in [-0.05, 0) is 99.8 Å². The average molecular weight is 259 g/mol. The first-order valence-corrected chi connectivity index (χ1v) is 9.03. The van der Waals surface area contributed by atoms with Crippen molar-refractivity contribution < 1.29 is 0 Å². The Morgan fingerprint density at radius 2 is 1.42 bits per heavy atom. The molecular formula is C18H29N. The number of fused-ring (bicyclic) bond motifs is 2. The van der Waals surface area contributed by atoms with Crippen molar-refractivity contribution in [3.63, 3.8) is 0 Å². The van der Waals surface area contributed by atoms with Gasteiger partial charge in [0.2, 0.25) is 0 Å². The van der Waals surface area contributed by atoms with E-state index < -0.39 is 0 Å². The molecule has 6 rings (SSSR count). The summed E-state index contributed by atoms with van der Waals surface area (Å²) in [5.41, 5.74) is 0.608. The number of rotatable bonds is 3. The van der Waals surface area contributed by atoms with Crippen LogP contribution >= 0.6 is 0 Å². The van der Waals surface area contributed by atoms with Crippen LogP contribution in [0.3, 0.4) is 0 Å². The maximum atomic E-state index is 4.15. The number of hydrogen-bond donors (Lipinski definition) is 1. The monoisotopic (exact) mass is 259 g/mol. The Kier molecular flexibility index (Phi) is 2.44. The summed E-state index contributed by atoms with van der Waals surface area (Å²) in [6.45, 7) is 1.37. The van der Waals surface area contributed by atoms with Gasteiger partial charge in [-0.15, -0.1) is 0 Å². The van der Waals surface area contributed by atoms with Crippen LogP contribution in [0.25, 0.3) is 0 Å². The molecule has 0 spiro atoms. The van der Waals surface area contributed by atoms with Crippen LogP contribution in [0, 0.1) is 35.5 Å². The maximum absolute atomic E-state index is 4.15. The Bertz CT molecular complexity index is 339. The molecule has 0 aromatic heterocycles. The molecule has 3 unspecified atom stereocenters. The fraction of sp³-hybridized carbons (Fsp3) is 1.00. The molecule has 6 bridgehead atoms. The zero-order valence-electron chi connectivity index (χ0n) is 12.2. The van der Waals surface area contributed by atoms with Crippen molar-refractivity contribution in [1.82, 2.24) is 5.32 Å².